The Labute approximate surface area is 201 Å². The van der Waals surface area contributed by atoms with E-state index in [1.54, 1.807) is 5.01 Å². The Balaban J connectivity index is 1.18. The fraction of sp³-hybridized carbons (Fsp3) is 0.640. The monoisotopic (exact) mass is 468 g/mol. The number of carbonyl (C=O) groups is 3. The maximum atomic E-state index is 13.6. The summed E-state index contributed by atoms with van der Waals surface area (Å²) in [5, 5.41) is 4.77. The number of hydrazine groups is 1. The van der Waals surface area contributed by atoms with E-state index in [1.807, 2.05) is 42.3 Å². The first kappa shape index (κ1) is 23.3. The molecule has 0 radical (unpaired) electrons. The van der Waals surface area contributed by atoms with Gasteiger partial charge in [-0.3, -0.25) is 19.3 Å². The largest absolute Gasteiger partial charge is 0.352 e. The van der Waals surface area contributed by atoms with Gasteiger partial charge in [0.15, 0.2) is 0 Å². The van der Waals surface area contributed by atoms with Crippen LogP contribution in [0.1, 0.15) is 25.7 Å². The quantitative estimate of drug-likeness (QED) is 0.646. The molecule has 184 valence electrons. The maximum absolute atomic E-state index is 13.6. The SMILES string of the molecule is CN1CC(C(=O)N2CCN(CC(=O)NC3CCCC3)CC2)C2NN(c3ccccc3)C(=O)C2C1. The summed E-state index contributed by atoms with van der Waals surface area (Å²) in [6.07, 6.45) is 4.58. The number of amides is 3. The lowest BCUT2D eigenvalue weighted by atomic mass is 9.84. The van der Waals surface area contributed by atoms with Crippen molar-refractivity contribution in [2.45, 2.75) is 37.8 Å². The van der Waals surface area contributed by atoms with Crippen LogP contribution in [-0.2, 0) is 14.4 Å². The van der Waals surface area contributed by atoms with Crippen molar-refractivity contribution in [1.29, 1.82) is 0 Å². The van der Waals surface area contributed by atoms with Crippen LogP contribution in [0.4, 0.5) is 5.69 Å². The highest BCUT2D eigenvalue weighted by Gasteiger charge is 2.51. The second-order valence-electron chi connectivity index (χ2n) is 10.2. The Morgan fingerprint density at radius 3 is 2.44 bits per heavy atom. The van der Waals surface area contributed by atoms with Gasteiger partial charge in [-0.1, -0.05) is 31.0 Å². The number of rotatable bonds is 5. The number of carbonyl (C=O) groups excluding carboxylic acids is 3. The number of piperidine rings is 1. The van der Waals surface area contributed by atoms with Crippen molar-refractivity contribution in [3.8, 4) is 0 Å². The molecule has 34 heavy (non-hydrogen) atoms. The van der Waals surface area contributed by atoms with Crippen molar-refractivity contribution in [1.82, 2.24) is 25.4 Å². The van der Waals surface area contributed by atoms with Crippen LogP contribution in [-0.4, -0.2) is 97.4 Å². The third-order valence-electron chi connectivity index (χ3n) is 7.80. The number of hydrogen-bond donors (Lipinski definition) is 2. The summed E-state index contributed by atoms with van der Waals surface area (Å²) in [5.41, 5.74) is 4.17. The van der Waals surface area contributed by atoms with Gasteiger partial charge in [0.1, 0.15) is 0 Å². The number of anilines is 1. The lowest BCUT2D eigenvalue weighted by Crippen LogP contribution is -2.59. The number of piperazine rings is 1. The van der Waals surface area contributed by atoms with Crippen LogP contribution in [0.15, 0.2) is 30.3 Å². The first-order valence-electron chi connectivity index (χ1n) is 12.6. The number of benzene rings is 1. The standard InChI is InChI=1S/C25H36N6O3/c1-28-15-20(23-21(16-28)25(34)31(27-23)19-9-3-2-4-10-19)24(33)30-13-11-29(12-14-30)17-22(32)26-18-7-5-6-8-18/h2-4,9-10,18,20-21,23,27H,5-8,11-17H2,1H3,(H,26,32). The van der Waals surface area contributed by atoms with E-state index >= 15 is 0 Å². The Kier molecular flexibility index (Phi) is 6.85. The van der Waals surface area contributed by atoms with Gasteiger partial charge in [-0.2, -0.15) is 0 Å². The van der Waals surface area contributed by atoms with Crippen molar-refractivity contribution in [3.05, 3.63) is 30.3 Å². The van der Waals surface area contributed by atoms with Crippen LogP contribution in [0.25, 0.3) is 0 Å². The Morgan fingerprint density at radius 2 is 1.74 bits per heavy atom. The smallest absolute Gasteiger partial charge is 0.247 e. The van der Waals surface area contributed by atoms with Gasteiger partial charge in [-0.05, 0) is 32.0 Å². The van der Waals surface area contributed by atoms with Gasteiger partial charge in [0.2, 0.25) is 17.7 Å². The van der Waals surface area contributed by atoms with E-state index in [2.05, 4.69) is 20.5 Å². The Morgan fingerprint density at radius 1 is 1.03 bits per heavy atom. The molecular weight excluding hydrogens is 432 g/mol. The van der Waals surface area contributed by atoms with Crippen LogP contribution in [0.5, 0.6) is 0 Å². The highest BCUT2D eigenvalue weighted by atomic mass is 16.2. The minimum Gasteiger partial charge on any atom is -0.352 e. The molecule has 2 N–H and O–H groups in total. The lowest BCUT2D eigenvalue weighted by molar-refractivity contribution is -0.141. The van der Waals surface area contributed by atoms with Gasteiger partial charge in [-0.25, -0.2) is 10.4 Å². The molecule has 1 saturated carbocycles. The molecule has 0 aromatic heterocycles. The van der Waals surface area contributed by atoms with E-state index < -0.39 is 0 Å². The van der Waals surface area contributed by atoms with Crippen molar-refractivity contribution >= 4 is 23.4 Å². The van der Waals surface area contributed by atoms with E-state index in [0.717, 1.165) is 18.5 Å². The topological polar surface area (TPSA) is 88.2 Å². The minimum absolute atomic E-state index is 0.0265. The highest BCUT2D eigenvalue weighted by molar-refractivity contribution is 5.98. The predicted octanol–water partition coefficient (Wildman–Crippen LogP) is 0.287. The second kappa shape index (κ2) is 10.0. The molecule has 3 amide bonds. The molecular formula is C25H36N6O3. The maximum Gasteiger partial charge on any atom is 0.247 e. The lowest BCUT2D eigenvalue weighted by Gasteiger charge is -2.41. The predicted molar refractivity (Wildman–Crippen MR) is 129 cm³/mol. The van der Waals surface area contributed by atoms with Gasteiger partial charge < -0.3 is 15.1 Å². The molecule has 4 fully saturated rings. The molecule has 9 heteroatoms. The summed E-state index contributed by atoms with van der Waals surface area (Å²) in [5.74, 6) is -0.296. The summed E-state index contributed by atoms with van der Waals surface area (Å²) in [7, 11) is 1.98. The summed E-state index contributed by atoms with van der Waals surface area (Å²) >= 11 is 0. The fourth-order valence-electron chi connectivity index (χ4n) is 5.96. The van der Waals surface area contributed by atoms with Crippen LogP contribution in [0.2, 0.25) is 0 Å². The van der Waals surface area contributed by atoms with E-state index in [1.165, 1.54) is 12.8 Å². The van der Waals surface area contributed by atoms with E-state index in [9.17, 15) is 14.4 Å². The molecule has 3 saturated heterocycles. The average Bonchev–Trinajstić information content (AvgIpc) is 3.47. The van der Waals surface area contributed by atoms with Gasteiger partial charge >= 0.3 is 0 Å². The zero-order valence-electron chi connectivity index (χ0n) is 20.0. The van der Waals surface area contributed by atoms with E-state index in [0.29, 0.717) is 51.9 Å². The number of para-hydroxylation sites is 1. The second-order valence-corrected chi connectivity index (χ2v) is 10.2. The van der Waals surface area contributed by atoms with Gasteiger partial charge in [0.25, 0.3) is 0 Å². The zero-order valence-corrected chi connectivity index (χ0v) is 20.0. The van der Waals surface area contributed by atoms with Gasteiger partial charge in [-0.15, -0.1) is 0 Å². The molecule has 0 spiro atoms. The molecule has 1 aromatic carbocycles. The van der Waals surface area contributed by atoms with E-state index in [-0.39, 0.29) is 35.6 Å². The molecule has 3 aliphatic heterocycles. The number of hydrogen-bond acceptors (Lipinski definition) is 6. The number of nitrogens with zero attached hydrogens (tertiary/aromatic N) is 4. The molecule has 5 rings (SSSR count). The van der Waals surface area contributed by atoms with Crippen molar-refractivity contribution < 1.29 is 14.4 Å². The van der Waals surface area contributed by atoms with Crippen LogP contribution in [0.3, 0.4) is 0 Å². The Bertz CT molecular complexity index is 897. The molecule has 3 atom stereocenters. The van der Waals surface area contributed by atoms with Gasteiger partial charge in [0.05, 0.1) is 30.1 Å². The molecule has 4 aliphatic rings. The summed E-state index contributed by atoms with van der Waals surface area (Å²) in [6.45, 7) is 4.30. The third kappa shape index (κ3) is 4.82. The molecule has 1 aromatic rings. The van der Waals surface area contributed by atoms with Crippen LogP contribution >= 0.6 is 0 Å². The molecule has 3 heterocycles. The van der Waals surface area contributed by atoms with Gasteiger partial charge in [0, 0.05) is 45.3 Å². The minimum atomic E-state index is -0.279. The normalized spacial score (nSPS) is 28.9. The number of likely N-dealkylation sites (tertiary alicyclic amines) is 1. The van der Waals surface area contributed by atoms with Crippen molar-refractivity contribution in [2.24, 2.45) is 11.8 Å². The zero-order chi connectivity index (χ0) is 23.7. The first-order valence-corrected chi connectivity index (χ1v) is 12.6. The van der Waals surface area contributed by atoms with Crippen LogP contribution < -0.4 is 15.8 Å². The molecule has 1 aliphatic carbocycles. The fourth-order valence-corrected chi connectivity index (χ4v) is 5.96. The Hall–Kier alpha value is -2.49. The summed E-state index contributed by atoms with van der Waals surface area (Å²) in [4.78, 5) is 45.3. The third-order valence-corrected chi connectivity index (χ3v) is 7.80. The first-order chi connectivity index (χ1) is 16.5. The molecule has 0 bridgehead atoms. The summed E-state index contributed by atoms with van der Waals surface area (Å²) in [6, 6.07) is 9.70. The molecule has 9 nitrogen and oxygen atoms in total. The van der Waals surface area contributed by atoms with Crippen molar-refractivity contribution in [3.63, 3.8) is 0 Å². The number of fused-ring (bicyclic) bond motifs is 1. The summed E-state index contributed by atoms with van der Waals surface area (Å²) < 4.78 is 0. The van der Waals surface area contributed by atoms with Crippen LogP contribution in [0, 0.1) is 11.8 Å². The highest BCUT2D eigenvalue weighted by Crippen LogP contribution is 2.32. The van der Waals surface area contributed by atoms with E-state index in [4.69, 9.17) is 0 Å². The molecule has 3 unspecified atom stereocenters. The number of nitrogens with one attached hydrogen (secondary N) is 2. The average molecular weight is 469 g/mol. The van der Waals surface area contributed by atoms with Crippen molar-refractivity contribution in [2.75, 3.05) is 57.9 Å².